The molecule has 8 nitrogen and oxygen atoms in total. The highest BCUT2D eigenvalue weighted by atomic mass is 32.1. The van der Waals surface area contributed by atoms with Crippen molar-refractivity contribution in [1.82, 2.24) is 24.6 Å². The van der Waals surface area contributed by atoms with E-state index in [4.69, 9.17) is 4.74 Å². The molecule has 0 saturated carbocycles. The van der Waals surface area contributed by atoms with E-state index in [1.165, 1.54) is 6.20 Å². The molecule has 0 fully saturated rings. The fourth-order valence-corrected chi connectivity index (χ4v) is 4.34. The molecule has 166 valence electrons. The number of thiazole rings is 1. The molecule has 1 N–H and O–H groups in total. The fourth-order valence-electron chi connectivity index (χ4n) is 3.63. The molecule has 32 heavy (non-hydrogen) atoms. The van der Waals surface area contributed by atoms with Crippen molar-refractivity contribution in [3.63, 3.8) is 0 Å². The van der Waals surface area contributed by atoms with Gasteiger partial charge in [0.25, 0.3) is 5.56 Å². The SMILES string of the molecule is CCOC(=O)c1cnn(-c2cc(=O)n(C)c3ccccc23)c1CN[C@@H](C)c1csc(C)n1. The van der Waals surface area contributed by atoms with E-state index in [0.717, 1.165) is 21.6 Å². The Bertz CT molecular complexity index is 1340. The van der Waals surface area contributed by atoms with Crippen LogP contribution in [0.3, 0.4) is 0 Å². The molecule has 0 spiro atoms. The molecule has 1 atom stereocenters. The van der Waals surface area contributed by atoms with Crippen LogP contribution in [0.4, 0.5) is 0 Å². The number of aromatic nitrogens is 4. The molecular weight excluding hydrogens is 426 g/mol. The predicted molar refractivity (Wildman–Crippen MR) is 124 cm³/mol. The fraction of sp³-hybridized carbons (Fsp3) is 0.304. The molecule has 9 heteroatoms. The van der Waals surface area contributed by atoms with Crippen molar-refractivity contribution in [2.24, 2.45) is 7.05 Å². The van der Waals surface area contributed by atoms with Gasteiger partial charge in [0.15, 0.2) is 0 Å². The van der Waals surface area contributed by atoms with Gasteiger partial charge in [0, 0.05) is 36.5 Å². The molecule has 0 unspecified atom stereocenters. The van der Waals surface area contributed by atoms with Gasteiger partial charge in [-0.3, -0.25) is 4.79 Å². The van der Waals surface area contributed by atoms with Crippen molar-refractivity contribution in [3.05, 3.63) is 74.2 Å². The molecule has 3 heterocycles. The number of nitrogens with one attached hydrogen (secondary N) is 1. The highest BCUT2D eigenvalue weighted by Crippen LogP contribution is 2.24. The summed E-state index contributed by atoms with van der Waals surface area (Å²) >= 11 is 1.60. The van der Waals surface area contributed by atoms with Crippen LogP contribution in [-0.4, -0.2) is 31.9 Å². The normalized spacial score (nSPS) is 12.2. The Morgan fingerprint density at radius 1 is 1.31 bits per heavy atom. The summed E-state index contributed by atoms with van der Waals surface area (Å²) in [5.41, 5.74) is 3.18. The Hall–Kier alpha value is -3.30. The number of ether oxygens (including phenoxy) is 1. The minimum atomic E-state index is -0.444. The highest BCUT2D eigenvalue weighted by Gasteiger charge is 2.22. The molecule has 3 aromatic heterocycles. The van der Waals surface area contributed by atoms with Crippen molar-refractivity contribution in [3.8, 4) is 5.69 Å². The van der Waals surface area contributed by atoms with Crippen LogP contribution in [0.1, 0.15) is 46.6 Å². The number of hydrogen-bond acceptors (Lipinski definition) is 7. The van der Waals surface area contributed by atoms with Gasteiger partial charge in [0.2, 0.25) is 0 Å². The number of pyridine rings is 1. The van der Waals surface area contributed by atoms with E-state index in [0.29, 0.717) is 23.5 Å². The number of nitrogens with zero attached hydrogens (tertiary/aromatic N) is 4. The number of carbonyl (C=O) groups excluding carboxylic acids is 1. The first kappa shape index (κ1) is 21.9. The zero-order chi connectivity index (χ0) is 22.8. The maximum atomic E-state index is 12.6. The van der Waals surface area contributed by atoms with Crippen LogP contribution in [-0.2, 0) is 18.3 Å². The van der Waals surface area contributed by atoms with Crippen molar-refractivity contribution in [1.29, 1.82) is 0 Å². The average molecular weight is 452 g/mol. The minimum Gasteiger partial charge on any atom is -0.462 e. The lowest BCUT2D eigenvalue weighted by atomic mass is 10.1. The van der Waals surface area contributed by atoms with Gasteiger partial charge in [-0.15, -0.1) is 11.3 Å². The zero-order valence-electron chi connectivity index (χ0n) is 18.5. The topological polar surface area (TPSA) is 91.0 Å². The lowest BCUT2D eigenvalue weighted by Crippen LogP contribution is -2.23. The van der Waals surface area contributed by atoms with Crippen molar-refractivity contribution in [2.45, 2.75) is 33.4 Å². The summed E-state index contributed by atoms with van der Waals surface area (Å²) < 4.78 is 8.50. The number of hydrogen-bond donors (Lipinski definition) is 1. The van der Waals surface area contributed by atoms with E-state index >= 15 is 0 Å². The number of aryl methyl sites for hydroxylation is 2. The van der Waals surface area contributed by atoms with Gasteiger partial charge in [-0.05, 0) is 26.8 Å². The quantitative estimate of drug-likeness (QED) is 0.433. The van der Waals surface area contributed by atoms with Crippen LogP contribution in [0.5, 0.6) is 0 Å². The summed E-state index contributed by atoms with van der Waals surface area (Å²) in [6.45, 7) is 6.36. The van der Waals surface area contributed by atoms with Gasteiger partial charge in [-0.1, -0.05) is 18.2 Å². The first-order chi connectivity index (χ1) is 15.4. The highest BCUT2D eigenvalue weighted by molar-refractivity contribution is 7.09. The predicted octanol–water partition coefficient (Wildman–Crippen LogP) is 3.52. The second-order valence-corrected chi connectivity index (χ2v) is 8.54. The van der Waals surface area contributed by atoms with Gasteiger partial charge < -0.3 is 14.6 Å². The van der Waals surface area contributed by atoms with Crippen LogP contribution in [0.2, 0.25) is 0 Å². The van der Waals surface area contributed by atoms with Crippen molar-refractivity contribution < 1.29 is 9.53 Å². The van der Waals surface area contributed by atoms with Gasteiger partial charge in [-0.25, -0.2) is 14.5 Å². The Labute approximate surface area is 189 Å². The van der Waals surface area contributed by atoms with Crippen molar-refractivity contribution in [2.75, 3.05) is 6.61 Å². The molecule has 1 aromatic carbocycles. The van der Waals surface area contributed by atoms with E-state index in [9.17, 15) is 9.59 Å². The second-order valence-electron chi connectivity index (χ2n) is 7.48. The molecule has 0 bridgehead atoms. The number of carbonyl (C=O) groups is 1. The lowest BCUT2D eigenvalue weighted by Gasteiger charge is -2.16. The minimum absolute atomic E-state index is 0.0290. The summed E-state index contributed by atoms with van der Waals surface area (Å²) in [5.74, 6) is -0.444. The van der Waals surface area contributed by atoms with E-state index in [-0.39, 0.29) is 18.2 Å². The van der Waals surface area contributed by atoms with E-state index in [1.54, 1.807) is 40.6 Å². The summed E-state index contributed by atoms with van der Waals surface area (Å²) in [6, 6.07) is 9.14. The number of para-hydroxylation sites is 1. The number of fused-ring (bicyclic) bond motifs is 1. The number of benzene rings is 1. The first-order valence-electron chi connectivity index (χ1n) is 10.4. The standard InChI is InChI=1S/C23H25N5O3S/c1-5-31-23(30)17-11-25-28(21(17)12-24-14(2)18-13-32-15(3)26-18)20-10-22(29)27(4)19-9-7-6-8-16(19)20/h6-11,13-14,24H,5,12H2,1-4H3/t14-/m0/s1. The molecule has 0 amide bonds. The average Bonchev–Trinajstić information content (AvgIpc) is 3.41. The third-order valence-corrected chi connectivity index (χ3v) is 6.17. The molecule has 4 rings (SSSR count). The summed E-state index contributed by atoms with van der Waals surface area (Å²) in [6.07, 6.45) is 1.50. The monoisotopic (exact) mass is 451 g/mol. The Kier molecular flexibility index (Phi) is 6.20. The van der Waals surface area contributed by atoms with E-state index < -0.39 is 5.97 Å². The molecule has 0 aliphatic rings. The summed E-state index contributed by atoms with van der Waals surface area (Å²) in [4.78, 5) is 29.8. The lowest BCUT2D eigenvalue weighted by molar-refractivity contribution is 0.0524. The van der Waals surface area contributed by atoms with E-state index in [2.05, 4.69) is 15.4 Å². The molecule has 4 aromatic rings. The Morgan fingerprint density at radius 3 is 2.81 bits per heavy atom. The van der Waals surface area contributed by atoms with Crippen LogP contribution in [0.15, 0.2) is 46.7 Å². The third kappa shape index (κ3) is 4.09. The van der Waals surface area contributed by atoms with Crippen LogP contribution in [0, 0.1) is 6.92 Å². The molecular formula is C23H25N5O3S. The van der Waals surface area contributed by atoms with Crippen LogP contribution in [0.25, 0.3) is 16.6 Å². The smallest absolute Gasteiger partial charge is 0.341 e. The Balaban J connectivity index is 1.80. The number of rotatable bonds is 7. The maximum Gasteiger partial charge on any atom is 0.341 e. The molecule has 0 aliphatic carbocycles. The molecule has 0 aliphatic heterocycles. The summed E-state index contributed by atoms with van der Waals surface area (Å²) in [5, 5.41) is 11.8. The third-order valence-electron chi connectivity index (χ3n) is 5.38. The van der Waals surface area contributed by atoms with Gasteiger partial charge in [0.05, 0.1) is 40.4 Å². The summed E-state index contributed by atoms with van der Waals surface area (Å²) in [7, 11) is 1.74. The van der Waals surface area contributed by atoms with Crippen LogP contribution < -0.4 is 10.9 Å². The van der Waals surface area contributed by atoms with Crippen molar-refractivity contribution >= 4 is 28.2 Å². The second kappa shape index (κ2) is 9.05. The van der Waals surface area contributed by atoms with Crippen LogP contribution >= 0.6 is 11.3 Å². The van der Waals surface area contributed by atoms with E-state index in [1.807, 2.05) is 43.5 Å². The van der Waals surface area contributed by atoms with Gasteiger partial charge in [0.1, 0.15) is 5.56 Å². The Morgan fingerprint density at radius 2 is 2.09 bits per heavy atom. The zero-order valence-corrected chi connectivity index (χ0v) is 19.3. The molecule has 0 saturated heterocycles. The van der Waals surface area contributed by atoms with Gasteiger partial charge >= 0.3 is 5.97 Å². The largest absolute Gasteiger partial charge is 0.462 e. The first-order valence-corrected chi connectivity index (χ1v) is 11.3. The maximum absolute atomic E-state index is 12.6. The van der Waals surface area contributed by atoms with Gasteiger partial charge in [-0.2, -0.15) is 5.10 Å². The number of esters is 1. The molecule has 0 radical (unpaired) electrons.